The van der Waals surface area contributed by atoms with Crippen LogP contribution >= 0.6 is 15.9 Å². The van der Waals surface area contributed by atoms with Gasteiger partial charge in [-0.15, -0.1) is 0 Å². The third-order valence-corrected chi connectivity index (χ3v) is 3.94. The van der Waals surface area contributed by atoms with E-state index in [2.05, 4.69) is 26.6 Å². The van der Waals surface area contributed by atoms with Crippen LogP contribution in [0.3, 0.4) is 0 Å². The molecular formula is C13H16BrFN2O. The van der Waals surface area contributed by atoms with Gasteiger partial charge in [0, 0.05) is 5.69 Å². The highest BCUT2D eigenvalue weighted by Gasteiger charge is 2.34. The van der Waals surface area contributed by atoms with E-state index in [0.717, 1.165) is 25.8 Å². The normalized spacial score (nSPS) is 23.7. The van der Waals surface area contributed by atoms with Crippen molar-refractivity contribution in [3.63, 3.8) is 0 Å². The van der Waals surface area contributed by atoms with E-state index >= 15 is 0 Å². The Morgan fingerprint density at radius 2 is 2.28 bits per heavy atom. The predicted octanol–water partition coefficient (Wildman–Crippen LogP) is 3.06. The number of anilines is 1. The van der Waals surface area contributed by atoms with Gasteiger partial charge in [0.05, 0.1) is 10.0 Å². The number of nitrogens with one attached hydrogen (secondary N) is 2. The van der Waals surface area contributed by atoms with E-state index < -0.39 is 5.54 Å². The number of benzene rings is 1. The van der Waals surface area contributed by atoms with Crippen LogP contribution < -0.4 is 10.6 Å². The molecule has 2 N–H and O–H groups in total. The SMILES string of the molecule is CC1(C(=O)Nc2ccc(Br)c(F)c2)CCCCN1. The van der Waals surface area contributed by atoms with Crippen molar-refractivity contribution in [1.29, 1.82) is 0 Å². The van der Waals surface area contributed by atoms with Gasteiger partial charge in [0.15, 0.2) is 0 Å². The van der Waals surface area contributed by atoms with Crippen LogP contribution in [0.15, 0.2) is 22.7 Å². The fourth-order valence-electron chi connectivity index (χ4n) is 2.09. The van der Waals surface area contributed by atoms with Gasteiger partial charge in [-0.2, -0.15) is 0 Å². The maximum absolute atomic E-state index is 13.4. The molecule has 1 heterocycles. The minimum absolute atomic E-state index is 0.107. The van der Waals surface area contributed by atoms with Crippen LogP contribution in [0.2, 0.25) is 0 Å². The van der Waals surface area contributed by atoms with E-state index in [1.165, 1.54) is 6.07 Å². The first-order chi connectivity index (χ1) is 8.51. The smallest absolute Gasteiger partial charge is 0.244 e. The number of rotatable bonds is 2. The lowest BCUT2D eigenvalue weighted by Gasteiger charge is -2.33. The van der Waals surface area contributed by atoms with Crippen LogP contribution in [-0.2, 0) is 4.79 Å². The molecule has 0 bridgehead atoms. The lowest BCUT2D eigenvalue weighted by molar-refractivity contribution is -0.122. The molecule has 1 aliphatic heterocycles. The Bertz CT molecular complexity index is 458. The quantitative estimate of drug-likeness (QED) is 0.881. The van der Waals surface area contributed by atoms with Gasteiger partial charge < -0.3 is 10.6 Å². The van der Waals surface area contributed by atoms with Gasteiger partial charge in [0.2, 0.25) is 5.91 Å². The van der Waals surface area contributed by atoms with Crippen LogP contribution in [-0.4, -0.2) is 18.0 Å². The van der Waals surface area contributed by atoms with Gasteiger partial charge in [-0.25, -0.2) is 4.39 Å². The zero-order chi connectivity index (χ0) is 13.2. The first-order valence-corrected chi connectivity index (χ1v) is 6.82. The summed E-state index contributed by atoms with van der Waals surface area (Å²) in [5.41, 5.74) is -0.0729. The van der Waals surface area contributed by atoms with Crippen molar-refractivity contribution in [2.45, 2.75) is 31.7 Å². The fourth-order valence-corrected chi connectivity index (χ4v) is 2.34. The van der Waals surface area contributed by atoms with Crippen molar-refractivity contribution in [3.05, 3.63) is 28.5 Å². The van der Waals surface area contributed by atoms with Crippen LogP contribution in [0, 0.1) is 5.82 Å². The molecule has 0 saturated carbocycles. The molecule has 3 nitrogen and oxygen atoms in total. The van der Waals surface area contributed by atoms with E-state index in [-0.39, 0.29) is 11.7 Å². The molecule has 1 unspecified atom stereocenters. The van der Waals surface area contributed by atoms with Crippen molar-refractivity contribution in [1.82, 2.24) is 5.32 Å². The third kappa shape index (κ3) is 2.90. The van der Waals surface area contributed by atoms with Crippen molar-refractivity contribution >= 4 is 27.5 Å². The van der Waals surface area contributed by atoms with Gasteiger partial charge >= 0.3 is 0 Å². The Labute approximate surface area is 114 Å². The molecule has 1 atom stereocenters. The Kier molecular flexibility index (Phi) is 4.02. The van der Waals surface area contributed by atoms with E-state index in [1.54, 1.807) is 12.1 Å². The van der Waals surface area contributed by atoms with E-state index in [9.17, 15) is 9.18 Å². The molecule has 1 fully saturated rings. The highest BCUT2D eigenvalue weighted by Crippen LogP contribution is 2.23. The summed E-state index contributed by atoms with van der Waals surface area (Å²) < 4.78 is 13.7. The molecule has 0 aliphatic carbocycles. The van der Waals surface area contributed by atoms with Gasteiger partial charge in [-0.1, -0.05) is 0 Å². The zero-order valence-electron chi connectivity index (χ0n) is 10.2. The predicted molar refractivity (Wildman–Crippen MR) is 73.0 cm³/mol. The summed E-state index contributed by atoms with van der Waals surface area (Å²) in [6.45, 7) is 2.73. The van der Waals surface area contributed by atoms with Gasteiger partial charge in [-0.05, 0) is 66.9 Å². The first-order valence-electron chi connectivity index (χ1n) is 6.03. The Morgan fingerprint density at radius 1 is 1.50 bits per heavy atom. The first kappa shape index (κ1) is 13.5. The second-order valence-electron chi connectivity index (χ2n) is 4.80. The van der Waals surface area contributed by atoms with Gasteiger partial charge in [0.25, 0.3) is 0 Å². The van der Waals surface area contributed by atoms with Gasteiger partial charge in [-0.3, -0.25) is 4.79 Å². The summed E-state index contributed by atoms with van der Waals surface area (Å²) in [6.07, 6.45) is 2.93. The molecule has 5 heteroatoms. The minimum atomic E-state index is -0.554. The number of amides is 1. The molecule has 0 aromatic heterocycles. The molecule has 1 aromatic rings. The Hall–Kier alpha value is -0.940. The number of hydrogen-bond acceptors (Lipinski definition) is 2. The molecule has 1 aromatic carbocycles. The summed E-state index contributed by atoms with van der Waals surface area (Å²) in [5.74, 6) is -0.488. The number of carbonyl (C=O) groups is 1. The fraction of sp³-hybridized carbons (Fsp3) is 0.462. The standard InChI is InChI=1S/C13H16BrFN2O/c1-13(6-2-3-7-16-13)12(18)17-9-4-5-10(14)11(15)8-9/h4-5,8,16H,2-3,6-7H2,1H3,(H,17,18). The molecule has 0 radical (unpaired) electrons. The highest BCUT2D eigenvalue weighted by molar-refractivity contribution is 9.10. The maximum atomic E-state index is 13.4. The van der Waals surface area contributed by atoms with Crippen LogP contribution in [0.25, 0.3) is 0 Å². The second kappa shape index (κ2) is 5.36. The molecule has 0 spiro atoms. The number of halogens is 2. The van der Waals surface area contributed by atoms with Crippen molar-refractivity contribution in [3.8, 4) is 0 Å². The second-order valence-corrected chi connectivity index (χ2v) is 5.65. The summed E-state index contributed by atoms with van der Waals surface area (Å²) in [7, 11) is 0. The van der Waals surface area contributed by atoms with Crippen molar-refractivity contribution in [2.24, 2.45) is 0 Å². The van der Waals surface area contributed by atoms with Crippen molar-refractivity contribution < 1.29 is 9.18 Å². The molecule has 18 heavy (non-hydrogen) atoms. The Balaban J connectivity index is 2.08. The largest absolute Gasteiger partial charge is 0.324 e. The summed E-state index contributed by atoms with van der Waals surface area (Å²) in [4.78, 5) is 12.2. The molecule has 2 rings (SSSR count). The third-order valence-electron chi connectivity index (χ3n) is 3.30. The van der Waals surface area contributed by atoms with Crippen molar-refractivity contribution in [2.75, 3.05) is 11.9 Å². The summed E-state index contributed by atoms with van der Waals surface area (Å²) in [6, 6.07) is 4.58. The molecule has 98 valence electrons. The number of hydrogen-bond donors (Lipinski definition) is 2. The number of carbonyl (C=O) groups excluding carboxylic acids is 1. The molecule has 1 aliphatic rings. The maximum Gasteiger partial charge on any atom is 0.244 e. The molecule has 1 saturated heterocycles. The summed E-state index contributed by atoms with van der Waals surface area (Å²) in [5, 5.41) is 5.98. The Morgan fingerprint density at radius 3 is 2.89 bits per heavy atom. The zero-order valence-corrected chi connectivity index (χ0v) is 11.8. The molecular weight excluding hydrogens is 299 g/mol. The van der Waals surface area contributed by atoms with Gasteiger partial charge in [0.1, 0.15) is 5.82 Å². The van der Waals surface area contributed by atoms with Crippen LogP contribution in [0.4, 0.5) is 10.1 Å². The van der Waals surface area contributed by atoms with E-state index in [4.69, 9.17) is 0 Å². The lowest BCUT2D eigenvalue weighted by atomic mass is 9.90. The lowest BCUT2D eigenvalue weighted by Crippen LogP contribution is -2.54. The summed E-state index contributed by atoms with van der Waals surface area (Å²) >= 11 is 3.08. The minimum Gasteiger partial charge on any atom is -0.324 e. The topological polar surface area (TPSA) is 41.1 Å². The monoisotopic (exact) mass is 314 g/mol. The molecule has 1 amide bonds. The van der Waals surface area contributed by atoms with E-state index in [0.29, 0.717) is 10.2 Å². The average molecular weight is 315 g/mol. The average Bonchev–Trinajstić information content (AvgIpc) is 2.35. The van der Waals surface area contributed by atoms with Crippen LogP contribution in [0.1, 0.15) is 26.2 Å². The van der Waals surface area contributed by atoms with Crippen LogP contribution in [0.5, 0.6) is 0 Å². The highest BCUT2D eigenvalue weighted by atomic mass is 79.9. The number of piperidine rings is 1. The van der Waals surface area contributed by atoms with E-state index in [1.807, 2.05) is 6.92 Å².